The summed E-state index contributed by atoms with van der Waals surface area (Å²) in [6, 6.07) is 2.01. The van der Waals surface area contributed by atoms with Crippen molar-refractivity contribution in [1.82, 2.24) is 4.90 Å². The smallest absolute Gasteiger partial charge is 0.0658 e. The minimum absolute atomic E-state index is 0.672. The zero-order chi connectivity index (χ0) is 13.3. The quantitative estimate of drug-likeness (QED) is 0.837. The van der Waals surface area contributed by atoms with Crippen molar-refractivity contribution in [3.63, 3.8) is 0 Å². The number of nitrogens with two attached hydrogens (primary N) is 1. The van der Waals surface area contributed by atoms with Crippen LogP contribution >= 0.6 is 11.6 Å². The normalized spacial score (nSPS) is 17.2. The van der Waals surface area contributed by atoms with E-state index in [1.807, 2.05) is 13.0 Å². The van der Waals surface area contributed by atoms with Gasteiger partial charge in [-0.3, -0.25) is 0 Å². The predicted molar refractivity (Wildman–Crippen MR) is 79.7 cm³/mol. The van der Waals surface area contributed by atoms with Crippen LogP contribution in [0.1, 0.15) is 18.1 Å². The average Bonchev–Trinajstić information content (AvgIpc) is 2.41. The van der Waals surface area contributed by atoms with Gasteiger partial charge in [0, 0.05) is 31.9 Å². The van der Waals surface area contributed by atoms with Crippen molar-refractivity contribution in [2.24, 2.45) is 0 Å². The third-order valence-corrected chi connectivity index (χ3v) is 4.34. The summed E-state index contributed by atoms with van der Waals surface area (Å²) in [4.78, 5) is 4.89. The summed E-state index contributed by atoms with van der Waals surface area (Å²) < 4.78 is 0. The Morgan fingerprint density at radius 2 is 1.78 bits per heavy atom. The van der Waals surface area contributed by atoms with Crippen LogP contribution in [0.15, 0.2) is 6.07 Å². The molecule has 0 aromatic heterocycles. The van der Waals surface area contributed by atoms with Crippen LogP contribution in [0.2, 0.25) is 5.02 Å². The largest absolute Gasteiger partial charge is 0.397 e. The summed E-state index contributed by atoms with van der Waals surface area (Å²) in [6.07, 6.45) is 0. The lowest BCUT2D eigenvalue weighted by Crippen LogP contribution is -2.46. The first-order valence-electron chi connectivity index (χ1n) is 6.57. The zero-order valence-corrected chi connectivity index (χ0v) is 12.2. The first-order valence-corrected chi connectivity index (χ1v) is 6.94. The molecular weight excluding hydrogens is 246 g/mol. The number of nitrogen functional groups attached to an aromatic ring is 1. The maximum atomic E-state index is 6.20. The van der Waals surface area contributed by atoms with E-state index in [2.05, 4.69) is 23.6 Å². The van der Waals surface area contributed by atoms with Gasteiger partial charge in [-0.15, -0.1) is 0 Å². The van der Waals surface area contributed by atoms with Gasteiger partial charge in [0.05, 0.1) is 10.7 Å². The molecule has 0 amide bonds. The molecule has 1 aromatic carbocycles. The summed E-state index contributed by atoms with van der Waals surface area (Å²) in [7, 11) is 0. The van der Waals surface area contributed by atoms with Crippen LogP contribution < -0.4 is 10.6 Å². The minimum atomic E-state index is 0.672. The highest BCUT2D eigenvalue weighted by atomic mass is 35.5. The fourth-order valence-corrected chi connectivity index (χ4v) is 2.76. The number of hydrogen-bond acceptors (Lipinski definition) is 3. The molecule has 1 aromatic rings. The molecule has 0 radical (unpaired) electrons. The molecule has 1 aliphatic heterocycles. The maximum absolute atomic E-state index is 6.20. The standard InChI is InChI=1S/C14H22ClN3/c1-4-17-5-7-18(8-6-17)13-9-12(15)14(16)11(3)10(13)2/h9H,4-8,16H2,1-3H3. The molecule has 0 bridgehead atoms. The molecule has 4 heteroatoms. The van der Waals surface area contributed by atoms with E-state index >= 15 is 0 Å². The van der Waals surface area contributed by atoms with E-state index in [1.165, 1.54) is 11.3 Å². The second-order valence-electron chi connectivity index (χ2n) is 4.96. The number of likely N-dealkylation sites (N-methyl/N-ethyl adjacent to an activating group) is 1. The average molecular weight is 268 g/mol. The molecule has 100 valence electrons. The highest BCUT2D eigenvalue weighted by Crippen LogP contribution is 2.33. The Bertz CT molecular complexity index is 437. The molecular formula is C14H22ClN3. The van der Waals surface area contributed by atoms with Crippen molar-refractivity contribution in [3.8, 4) is 0 Å². The van der Waals surface area contributed by atoms with Crippen LogP contribution in [-0.4, -0.2) is 37.6 Å². The first-order chi connectivity index (χ1) is 8.54. The monoisotopic (exact) mass is 267 g/mol. The second-order valence-corrected chi connectivity index (χ2v) is 5.37. The second kappa shape index (κ2) is 5.37. The SMILES string of the molecule is CCN1CCN(c2cc(Cl)c(N)c(C)c2C)CC1. The van der Waals surface area contributed by atoms with E-state index in [1.54, 1.807) is 0 Å². The zero-order valence-electron chi connectivity index (χ0n) is 11.5. The highest BCUT2D eigenvalue weighted by molar-refractivity contribution is 6.33. The Labute approximate surface area is 115 Å². The number of rotatable bonds is 2. The van der Waals surface area contributed by atoms with Gasteiger partial charge in [-0.05, 0) is 37.6 Å². The molecule has 2 N–H and O–H groups in total. The van der Waals surface area contributed by atoms with Gasteiger partial charge in [0.1, 0.15) is 0 Å². The molecule has 18 heavy (non-hydrogen) atoms. The molecule has 1 heterocycles. The van der Waals surface area contributed by atoms with Crippen LogP contribution in [-0.2, 0) is 0 Å². The van der Waals surface area contributed by atoms with Crippen LogP contribution in [0, 0.1) is 13.8 Å². The van der Waals surface area contributed by atoms with Gasteiger partial charge in [-0.1, -0.05) is 18.5 Å². The third-order valence-electron chi connectivity index (χ3n) is 4.03. The van der Waals surface area contributed by atoms with Crippen molar-refractivity contribution < 1.29 is 0 Å². The summed E-state index contributed by atoms with van der Waals surface area (Å²) in [5.41, 5.74) is 10.3. The highest BCUT2D eigenvalue weighted by Gasteiger charge is 2.19. The Morgan fingerprint density at radius 1 is 1.17 bits per heavy atom. The third kappa shape index (κ3) is 2.43. The Kier molecular flexibility index (Phi) is 4.03. The number of piperazine rings is 1. The Hall–Kier alpha value is -0.930. The van der Waals surface area contributed by atoms with E-state index in [9.17, 15) is 0 Å². The van der Waals surface area contributed by atoms with E-state index < -0.39 is 0 Å². The first kappa shape index (κ1) is 13.5. The molecule has 0 saturated carbocycles. The number of benzene rings is 1. The summed E-state index contributed by atoms with van der Waals surface area (Å²) in [6.45, 7) is 11.9. The van der Waals surface area contributed by atoms with Crippen molar-refractivity contribution in [2.45, 2.75) is 20.8 Å². The van der Waals surface area contributed by atoms with Crippen LogP contribution in [0.5, 0.6) is 0 Å². The van der Waals surface area contributed by atoms with E-state index in [4.69, 9.17) is 17.3 Å². The van der Waals surface area contributed by atoms with Crippen molar-refractivity contribution >= 4 is 23.0 Å². The van der Waals surface area contributed by atoms with Crippen molar-refractivity contribution in [2.75, 3.05) is 43.4 Å². The molecule has 0 aliphatic carbocycles. The van der Waals surface area contributed by atoms with Crippen LogP contribution in [0.4, 0.5) is 11.4 Å². The van der Waals surface area contributed by atoms with E-state index in [-0.39, 0.29) is 0 Å². The molecule has 0 spiro atoms. The molecule has 3 nitrogen and oxygen atoms in total. The molecule has 1 saturated heterocycles. The van der Waals surface area contributed by atoms with E-state index in [0.29, 0.717) is 10.7 Å². The van der Waals surface area contributed by atoms with Gasteiger partial charge in [-0.2, -0.15) is 0 Å². The lowest BCUT2D eigenvalue weighted by atomic mass is 10.0. The lowest BCUT2D eigenvalue weighted by Gasteiger charge is -2.36. The van der Waals surface area contributed by atoms with Gasteiger partial charge in [0.25, 0.3) is 0 Å². The van der Waals surface area contributed by atoms with E-state index in [0.717, 1.165) is 38.3 Å². The van der Waals surface area contributed by atoms with Gasteiger partial charge >= 0.3 is 0 Å². The van der Waals surface area contributed by atoms with Crippen LogP contribution in [0.25, 0.3) is 0 Å². The molecule has 1 aliphatic rings. The summed E-state index contributed by atoms with van der Waals surface area (Å²) in [5.74, 6) is 0. The van der Waals surface area contributed by atoms with Crippen molar-refractivity contribution in [1.29, 1.82) is 0 Å². The van der Waals surface area contributed by atoms with Gasteiger partial charge in [0.15, 0.2) is 0 Å². The Morgan fingerprint density at radius 3 is 2.33 bits per heavy atom. The summed E-state index contributed by atoms with van der Waals surface area (Å²) >= 11 is 6.20. The van der Waals surface area contributed by atoms with Crippen LogP contribution in [0.3, 0.4) is 0 Å². The Balaban J connectivity index is 2.24. The number of nitrogens with zero attached hydrogens (tertiary/aromatic N) is 2. The predicted octanol–water partition coefficient (Wildman–Crippen LogP) is 2.68. The molecule has 0 atom stereocenters. The maximum Gasteiger partial charge on any atom is 0.0658 e. The molecule has 1 fully saturated rings. The lowest BCUT2D eigenvalue weighted by molar-refractivity contribution is 0.271. The van der Waals surface area contributed by atoms with Gasteiger partial charge < -0.3 is 15.5 Å². The topological polar surface area (TPSA) is 32.5 Å². The van der Waals surface area contributed by atoms with Gasteiger partial charge in [-0.25, -0.2) is 0 Å². The van der Waals surface area contributed by atoms with Gasteiger partial charge in [0.2, 0.25) is 0 Å². The molecule has 0 unspecified atom stereocenters. The minimum Gasteiger partial charge on any atom is -0.397 e. The van der Waals surface area contributed by atoms with Crippen molar-refractivity contribution in [3.05, 3.63) is 22.2 Å². The summed E-state index contributed by atoms with van der Waals surface area (Å²) in [5, 5.41) is 0.672. The number of hydrogen-bond donors (Lipinski definition) is 1. The molecule has 2 rings (SSSR count). The number of anilines is 2. The number of halogens is 1. The fraction of sp³-hybridized carbons (Fsp3) is 0.571. The fourth-order valence-electron chi connectivity index (χ4n) is 2.51.